The van der Waals surface area contributed by atoms with Gasteiger partial charge in [0.25, 0.3) is 0 Å². The Balaban J connectivity index is 2.11. The van der Waals surface area contributed by atoms with Crippen molar-refractivity contribution in [3.63, 3.8) is 0 Å². The van der Waals surface area contributed by atoms with Crippen LogP contribution in [-0.2, 0) is 16.8 Å². The van der Waals surface area contributed by atoms with Crippen molar-refractivity contribution >= 4 is 51.8 Å². The van der Waals surface area contributed by atoms with E-state index in [1.165, 1.54) is 22.5 Å². The van der Waals surface area contributed by atoms with Gasteiger partial charge in [0.2, 0.25) is 3.79 Å². The van der Waals surface area contributed by atoms with Gasteiger partial charge in [0.05, 0.1) is 6.54 Å². The minimum absolute atomic E-state index is 0.389. The predicted octanol–water partition coefficient (Wildman–Crippen LogP) is 4.85. The van der Waals surface area contributed by atoms with Crippen LogP contribution in [0.25, 0.3) is 0 Å². The molecule has 0 spiro atoms. The summed E-state index contributed by atoms with van der Waals surface area (Å²) in [4.78, 5) is 0. The van der Waals surface area contributed by atoms with Crippen LogP contribution in [-0.4, -0.2) is 10.2 Å². The number of nitrogens with zero attached hydrogens (tertiary/aromatic N) is 2. The number of aromatic nitrogens is 2. The van der Waals surface area contributed by atoms with E-state index in [1.54, 1.807) is 0 Å². The molecule has 108 valence electrons. The number of para-hydroxylation sites is 1. The molecule has 1 heterocycles. The fourth-order valence-corrected chi connectivity index (χ4v) is 2.99. The molecule has 0 saturated heterocycles. The molecule has 1 aromatic carbocycles. The minimum atomic E-state index is -1.51. The van der Waals surface area contributed by atoms with Crippen LogP contribution in [0.1, 0.15) is 28.1 Å². The van der Waals surface area contributed by atoms with Crippen molar-refractivity contribution in [2.45, 2.75) is 30.6 Å². The van der Waals surface area contributed by atoms with E-state index >= 15 is 0 Å². The molecule has 0 amide bonds. The molecule has 3 nitrogen and oxygen atoms in total. The highest BCUT2D eigenvalue weighted by atomic mass is 35.6. The SMILES string of the molecule is CCc1cccc(C)c1NCc1nnc(C(Cl)(Cl)Cl)s1. The lowest BCUT2D eigenvalue weighted by atomic mass is 10.1. The number of hydrogen-bond acceptors (Lipinski definition) is 4. The first-order valence-corrected chi connectivity index (χ1v) is 8.08. The zero-order valence-corrected chi connectivity index (χ0v) is 14.2. The number of rotatable bonds is 4. The Hall–Kier alpha value is -0.550. The maximum Gasteiger partial charge on any atom is 0.243 e. The summed E-state index contributed by atoms with van der Waals surface area (Å²) in [6, 6.07) is 6.25. The van der Waals surface area contributed by atoms with E-state index in [-0.39, 0.29) is 0 Å². The first-order chi connectivity index (χ1) is 9.41. The van der Waals surface area contributed by atoms with Gasteiger partial charge < -0.3 is 5.32 Å². The molecule has 0 aliphatic carbocycles. The summed E-state index contributed by atoms with van der Waals surface area (Å²) in [6.45, 7) is 4.77. The number of hydrogen-bond donors (Lipinski definition) is 1. The van der Waals surface area contributed by atoms with Crippen molar-refractivity contribution in [2.75, 3.05) is 5.32 Å². The van der Waals surface area contributed by atoms with Crippen LogP contribution in [0.15, 0.2) is 18.2 Å². The second-order valence-electron chi connectivity index (χ2n) is 4.31. The Labute approximate surface area is 137 Å². The van der Waals surface area contributed by atoms with E-state index in [1.807, 2.05) is 0 Å². The van der Waals surface area contributed by atoms with Gasteiger partial charge in [0, 0.05) is 5.69 Å². The van der Waals surface area contributed by atoms with Crippen LogP contribution in [0.2, 0.25) is 0 Å². The van der Waals surface area contributed by atoms with E-state index in [2.05, 4.69) is 47.6 Å². The predicted molar refractivity (Wildman–Crippen MR) is 87.0 cm³/mol. The van der Waals surface area contributed by atoms with E-state index in [0.29, 0.717) is 11.6 Å². The second-order valence-corrected chi connectivity index (χ2v) is 7.66. The molecule has 0 aliphatic rings. The Morgan fingerprint density at radius 3 is 2.60 bits per heavy atom. The number of nitrogens with one attached hydrogen (secondary N) is 1. The topological polar surface area (TPSA) is 37.8 Å². The quantitative estimate of drug-likeness (QED) is 0.801. The molecule has 0 atom stereocenters. The third-order valence-electron chi connectivity index (χ3n) is 2.87. The summed E-state index contributed by atoms with van der Waals surface area (Å²) in [5.74, 6) is 0. The summed E-state index contributed by atoms with van der Waals surface area (Å²) in [5, 5.41) is 12.5. The zero-order valence-electron chi connectivity index (χ0n) is 11.1. The molecule has 0 saturated carbocycles. The van der Waals surface area contributed by atoms with Gasteiger partial charge in [-0.15, -0.1) is 10.2 Å². The highest BCUT2D eigenvalue weighted by Gasteiger charge is 2.27. The summed E-state index contributed by atoms with van der Waals surface area (Å²) in [5.41, 5.74) is 3.62. The Morgan fingerprint density at radius 1 is 1.25 bits per heavy atom. The molecule has 7 heteroatoms. The minimum Gasteiger partial charge on any atom is -0.378 e. The number of anilines is 1. The molecule has 0 bridgehead atoms. The highest BCUT2D eigenvalue weighted by Crippen LogP contribution is 2.39. The molecule has 0 aliphatic heterocycles. The first-order valence-electron chi connectivity index (χ1n) is 6.13. The zero-order chi connectivity index (χ0) is 14.8. The molecular weight excluding hydrogens is 337 g/mol. The lowest BCUT2D eigenvalue weighted by Gasteiger charge is -2.12. The van der Waals surface area contributed by atoms with Gasteiger partial charge in [-0.05, 0) is 24.5 Å². The largest absolute Gasteiger partial charge is 0.378 e. The average Bonchev–Trinajstić information content (AvgIpc) is 2.85. The smallest absolute Gasteiger partial charge is 0.243 e. The molecule has 20 heavy (non-hydrogen) atoms. The number of alkyl halides is 3. The van der Waals surface area contributed by atoms with Gasteiger partial charge in [-0.3, -0.25) is 0 Å². The first kappa shape index (κ1) is 15.8. The normalized spacial score (nSPS) is 11.7. The molecule has 2 aromatic rings. The van der Waals surface area contributed by atoms with E-state index in [9.17, 15) is 0 Å². The summed E-state index contributed by atoms with van der Waals surface area (Å²) < 4.78 is -1.51. The van der Waals surface area contributed by atoms with Crippen molar-refractivity contribution in [3.05, 3.63) is 39.3 Å². The van der Waals surface area contributed by atoms with E-state index in [4.69, 9.17) is 34.8 Å². The van der Waals surface area contributed by atoms with Crippen LogP contribution < -0.4 is 5.32 Å². The van der Waals surface area contributed by atoms with Gasteiger partial charge in [0.15, 0.2) is 5.01 Å². The molecule has 1 N–H and O–H groups in total. The van der Waals surface area contributed by atoms with Gasteiger partial charge in [0.1, 0.15) is 5.01 Å². The second kappa shape index (κ2) is 6.48. The van der Waals surface area contributed by atoms with Crippen molar-refractivity contribution in [2.24, 2.45) is 0 Å². The van der Waals surface area contributed by atoms with Crippen molar-refractivity contribution in [3.8, 4) is 0 Å². The van der Waals surface area contributed by atoms with Crippen LogP contribution in [0.5, 0.6) is 0 Å². The monoisotopic (exact) mass is 349 g/mol. The summed E-state index contributed by atoms with van der Waals surface area (Å²) in [7, 11) is 0. The van der Waals surface area contributed by atoms with Crippen molar-refractivity contribution in [1.82, 2.24) is 10.2 Å². The number of halogens is 3. The third kappa shape index (κ3) is 3.76. The number of aryl methyl sites for hydroxylation is 2. The molecule has 2 rings (SSSR count). The van der Waals surface area contributed by atoms with Crippen LogP contribution in [0.3, 0.4) is 0 Å². The number of benzene rings is 1. The molecule has 0 fully saturated rings. The van der Waals surface area contributed by atoms with Crippen LogP contribution in [0, 0.1) is 6.92 Å². The average molecular weight is 351 g/mol. The van der Waals surface area contributed by atoms with Crippen molar-refractivity contribution in [1.29, 1.82) is 0 Å². The fourth-order valence-electron chi connectivity index (χ4n) is 1.88. The Morgan fingerprint density at radius 2 is 2.00 bits per heavy atom. The van der Waals surface area contributed by atoms with Crippen molar-refractivity contribution < 1.29 is 0 Å². The summed E-state index contributed by atoms with van der Waals surface area (Å²) >= 11 is 18.6. The molecule has 0 radical (unpaired) electrons. The lowest BCUT2D eigenvalue weighted by molar-refractivity contribution is 0.947. The Bertz CT molecular complexity index is 593. The van der Waals surface area contributed by atoms with Crippen LogP contribution in [0.4, 0.5) is 5.69 Å². The maximum atomic E-state index is 5.78. The molecular formula is C13H14Cl3N3S. The van der Waals surface area contributed by atoms with Gasteiger partial charge in [-0.1, -0.05) is 71.3 Å². The van der Waals surface area contributed by atoms with Gasteiger partial charge in [-0.25, -0.2) is 0 Å². The standard InChI is InChI=1S/C13H14Cl3N3S/c1-3-9-6-4-5-8(2)11(9)17-7-10-18-19-12(20-10)13(14,15)16/h4-6,17H,3,7H2,1-2H3. The maximum absolute atomic E-state index is 5.78. The van der Waals surface area contributed by atoms with Gasteiger partial charge >= 0.3 is 0 Å². The highest BCUT2D eigenvalue weighted by molar-refractivity contribution is 7.12. The third-order valence-corrected chi connectivity index (χ3v) is 4.78. The molecule has 1 aromatic heterocycles. The molecule has 0 unspecified atom stereocenters. The van der Waals surface area contributed by atoms with Gasteiger partial charge in [-0.2, -0.15) is 0 Å². The summed E-state index contributed by atoms with van der Waals surface area (Å²) in [6.07, 6.45) is 0.972. The van der Waals surface area contributed by atoms with E-state index < -0.39 is 3.79 Å². The van der Waals surface area contributed by atoms with E-state index in [0.717, 1.165) is 17.1 Å². The lowest BCUT2D eigenvalue weighted by Crippen LogP contribution is -2.03. The van der Waals surface area contributed by atoms with Crippen LogP contribution >= 0.6 is 46.1 Å². The fraction of sp³-hybridized carbons (Fsp3) is 0.385. The Kier molecular flexibility index (Phi) is 5.13.